The first-order chi connectivity index (χ1) is 11.5. The maximum absolute atomic E-state index is 13.1. The average molecular weight is 351 g/mol. The highest BCUT2D eigenvalue weighted by atomic mass is 35.5. The van der Waals surface area contributed by atoms with E-state index in [-0.39, 0.29) is 5.02 Å². The van der Waals surface area contributed by atoms with Gasteiger partial charge in [0.25, 0.3) is 0 Å². The second-order valence-corrected chi connectivity index (χ2v) is 5.24. The Hall–Kier alpha value is -2.60. The van der Waals surface area contributed by atoms with Gasteiger partial charge in [0.2, 0.25) is 11.8 Å². The molecule has 2 rings (SSSR count). The Morgan fingerprint density at radius 2 is 1.83 bits per heavy atom. The minimum atomic E-state index is -0.583. The molecule has 0 spiro atoms. The molecule has 0 radical (unpaired) electrons. The van der Waals surface area contributed by atoms with Crippen LogP contribution in [-0.4, -0.2) is 18.4 Å². The molecule has 0 aliphatic carbocycles. The second-order valence-electron chi connectivity index (χ2n) is 4.83. The number of rotatable bonds is 6. The van der Waals surface area contributed by atoms with E-state index in [1.165, 1.54) is 12.1 Å². The van der Waals surface area contributed by atoms with Crippen molar-refractivity contribution in [3.63, 3.8) is 0 Å². The third-order valence-electron chi connectivity index (χ3n) is 2.99. The van der Waals surface area contributed by atoms with Crippen LogP contribution in [0.1, 0.15) is 13.3 Å². The predicted molar refractivity (Wildman–Crippen MR) is 90.9 cm³/mol. The van der Waals surface area contributed by atoms with Gasteiger partial charge in [-0.3, -0.25) is 9.59 Å². The minimum absolute atomic E-state index is 0.108. The van der Waals surface area contributed by atoms with Crippen molar-refractivity contribution in [2.75, 3.05) is 17.2 Å². The number of hydrogen-bond donors (Lipinski definition) is 2. The molecule has 0 aliphatic heterocycles. The number of ether oxygens (including phenoxy) is 1. The Labute approximate surface area is 143 Å². The molecular weight excluding hydrogens is 335 g/mol. The summed E-state index contributed by atoms with van der Waals surface area (Å²) in [5.74, 6) is -1.09. The van der Waals surface area contributed by atoms with Crippen LogP contribution in [0.15, 0.2) is 42.5 Å². The van der Waals surface area contributed by atoms with E-state index in [1.54, 1.807) is 24.3 Å². The van der Waals surface area contributed by atoms with E-state index in [4.69, 9.17) is 16.3 Å². The number of halogens is 2. The number of amides is 2. The van der Waals surface area contributed by atoms with Crippen LogP contribution in [0.2, 0.25) is 5.02 Å². The van der Waals surface area contributed by atoms with E-state index in [0.717, 1.165) is 6.07 Å². The maximum atomic E-state index is 13.1. The van der Waals surface area contributed by atoms with Crippen LogP contribution in [0.3, 0.4) is 0 Å². The summed E-state index contributed by atoms with van der Waals surface area (Å²) in [5.41, 5.74) is 0.802. The van der Waals surface area contributed by atoms with E-state index < -0.39 is 24.1 Å². The molecule has 0 fully saturated rings. The lowest BCUT2D eigenvalue weighted by Crippen LogP contribution is -2.21. The van der Waals surface area contributed by atoms with E-state index >= 15 is 0 Å². The molecule has 0 unspecified atom stereocenters. The highest BCUT2D eigenvalue weighted by Gasteiger charge is 2.13. The topological polar surface area (TPSA) is 67.4 Å². The van der Waals surface area contributed by atoms with Gasteiger partial charge < -0.3 is 15.4 Å². The van der Waals surface area contributed by atoms with E-state index in [2.05, 4.69) is 10.6 Å². The van der Waals surface area contributed by atoms with Crippen molar-refractivity contribution in [1.82, 2.24) is 0 Å². The SMILES string of the molecule is CCOc1ccccc1NC(=O)CC(=O)Nc1ccc(F)c(Cl)c1. The molecule has 7 heteroatoms. The molecule has 2 aromatic carbocycles. The molecule has 0 heterocycles. The molecule has 2 N–H and O–H groups in total. The lowest BCUT2D eigenvalue weighted by Gasteiger charge is -2.11. The van der Waals surface area contributed by atoms with Gasteiger partial charge in [-0.2, -0.15) is 0 Å². The molecule has 5 nitrogen and oxygen atoms in total. The lowest BCUT2D eigenvalue weighted by molar-refractivity contribution is -0.123. The minimum Gasteiger partial charge on any atom is -0.492 e. The summed E-state index contributed by atoms with van der Waals surface area (Å²) in [6.45, 7) is 2.29. The Kier molecular flexibility index (Phi) is 6.14. The first kappa shape index (κ1) is 17.7. The largest absolute Gasteiger partial charge is 0.492 e. The monoisotopic (exact) mass is 350 g/mol. The third kappa shape index (κ3) is 4.96. The summed E-state index contributed by atoms with van der Waals surface area (Å²) in [6, 6.07) is 10.7. The van der Waals surface area contributed by atoms with Gasteiger partial charge in [-0.15, -0.1) is 0 Å². The van der Waals surface area contributed by atoms with Gasteiger partial charge in [0, 0.05) is 5.69 Å². The average Bonchev–Trinajstić information content (AvgIpc) is 2.53. The molecular formula is C17H16ClFN2O3. The van der Waals surface area contributed by atoms with Crippen LogP contribution in [-0.2, 0) is 9.59 Å². The van der Waals surface area contributed by atoms with Crippen molar-refractivity contribution in [1.29, 1.82) is 0 Å². The van der Waals surface area contributed by atoms with Gasteiger partial charge in [0.15, 0.2) is 0 Å². The van der Waals surface area contributed by atoms with Gasteiger partial charge in [-0.1, -0.05) is 23.7 Å². The maximum Gasteiger partial charge on any atom is 0.233 e. The number of nitrogens with one attached hydrogen (secondary N) is 2. The molecule has 0 aliphatic rings. The van der Waals surface area contributed by atoms with Gasteiger partial charge >= 0.3 is 0 Å². The molecule has 2 amide bonds. The molecule has 2 aromatic rings. The van der Waals surface area contributed by atoms with Crippen molar-refractivity contribution in [3.8, 4) is 5.75 Å². The highest BCUT2D eigenvalue weighted by molar-refractivity contribution is 6.31. The molecule has 24 heavy (non-hydrogen) atoms. The number of hydrogen-bond acceptors (Lipinski definition) is 3. The molecule has 0 aromatic heterocycles. The normalized spacial score (nSPS) is 10.1. The first-order valence-electron chi connectivity index (χ1n) is 7.26. The Bertz CT molecular complexity index is 752. The van der Waals surface area contributed by atoms with Crippen LogP contribution in [0.5, 0.6) is 5.75 Å². The summed E-state index contributed by atoms with van der Waals surface area (Å²) in [5, 5.41) is 5.00. The van der Waals surface area contributed by atoms with Gasteiger partial charge in [-0.05, 0) is 37.3 Å². The Balaban J connectivity index is 1.94. The number of anilines is 2. The fourth-order valence-corrected chi connectivity index (χ4v) is 2.15. The zero-order chi connectivity index (χ0) is 17.5. The standard InChI is InChI=1S/C17H16ClFN2O3/c1-2-24-15-6-4-3-5-14(15)21-17(23)10-16(22)20-11-7-8-13(19)12(18)9-11/h3-9H,2,10H2,1H3,(H,20,22)(H,21,23). The molecule has 126 valence electrons. The fraction of sp³-hybridized carbons (Fsp3) is 0.176. The molecule has 0 atom stereocenters. The molecule has 0 bridgehead atoms. The lowest BCUT2D eigenvalue weighted by atomic mass is 10.2. The Morgan fingerprint density at radius 3 is 2.54 bits per heavy atom. The zero-order valence-corrected chi connectivity index (χ0v) is 13.7. The highest BCUT2D eigenvalue weighted by Crippen LogP contribution is 2.24. The van der Waals surface area contributed by atoms with Crippen molar-refractivity contribution in [3.05, 3.63) is 53.3 Å². The summed E-state index contributed by atoms with van der Waals surface area (Å²) >= 11 is 5.64. The van der Waals surface area contributed by atoms with Crippen LogP contribution in [0.25, 0.3) is 0 Å². The number of benzene rings is 2. The quantitative estimate of drug-likeness (QED) is 0.778. The predicted octanol–water partition coefficient (Wildman–Crippen LogP) is 3.85. The number of para-hydroxylation sites is 2. The van der Waals surface area contributed by atoms with E-state index in [1.807, 2.05) is 6.92 Å². The van der Waals surface area contributed by atoms with Gasteiger partial charge in [0.1, 0.15) is 18.0 Å². The summed E-state index contributed by atoms with van der Waals surface area (Å²) in [4.78, 5) is 23.9. The van der Waals surface area contributed by atoms with Gasteiger partial charge in [-0.25, -0.2) is 4.39 Å². The summed E-state index contributed by atoms with van der Waals surface area (Å²) < 4.78 is 18.5. The zero-order valence-electron chi connectivity index (χ0n) is 12.9. The van der Waals surface area contributed by atoms with Gasteiger partial charge in [0.05, 0.1) is 17.3 Å². The first-order valence-corrected chi connectivity index (χ1v) is 7.64. The summed E-state index contributed by atoms with van der Waals surface area (Å²) in [7, 11) is 0. The fourth-order valence-electron chi connectivity index (χ4n) is 1.97. The second kappa shape index (κ2) is 8.31. The Morgan fingerprint density at radius 1 is 1.12 bits per heavy atom. The number of carbonyl (C=O) groups is 2. The number of carbonyl (C=O) groups excluding carboxylic acids is 2. The van der Waals surface area contributed by atoms with Crippen molar-refractivity contribution >= 4 is 34.8 Å². The van der Waals surface area contributed by atoms with Crippen LogP contribution in [0.4, 0.5) is 15.8 Å². The van der Waals surface area contributed by atoms with Crippen LogP contribution in [0, 0.1) is 5.82 Å². The molecule has 0 saturated carbocycles. The smallest absolute Gasteiger partial charge is 0.233 e. The summed E-state index contributed by atoms with van der Waals surface area (Å²) in [6.07, 6.45) is -0.393. The van der Waals surface area contributed by atoms with E-state index in [0.29, 0.717) is 23.7 Å². The van der Waals surface area contributed by atoms with Crippen molar-refractivity contribution in [2.24, 2.45) is 0 Å². The van der Waals surface area contributed by atoms with Crippen molar-refractivity contribution in [2.45, 2.75) is 13.3 Å². The third-order valence-corrected chi connectivity index (χ3v) is 3.28. The van der Waals surface area contributed by atoms with E-state index in [9.17, 15) is 14.0 Å². The molecule has 0 saturated heterocycles. The van der Waals surface area contributed by atoms with Crippen LogP contribution >= 0.6 is 11.6 Å². The van der Waals surface area contributed by atoms with Crippen LogP contribution < -0.4 is 15.4 Å². The van der Waals surface area contributed by atoms with Crippen molar-refractivity contribution < 1.29 is 18.7 Å².